The van der Waals surface area contributed by atoms with E-state index in [1.807, 2.05) is 60.7 Å². The van der Waals surface area contributed by atoms with E-state index in [0.29, 0.717) is 23.2 Å². The summed E-state index contributed by atoms with van der Waals surface area (Å²) < 4.78 is 19.3. The van der Waals surface area contributed by atoms with Crippen LogP contribution < -0.4 is 5.73 Å². The van der Waals surface area contributed by atoms with Crippen LogP contribution in [0.15, 0.2) is 60.7 Å². The summed E-state index contributed by atoms with van der Waals surface area (Å²) >= 11 is 0. The number of quaternary nitrogens is 1. The molecule has 0 saturated carbocycles. The van der Waals surface area contributed by atoms with Gasteiger partial charge < -0.3 is 24.4 Å². The van der Waals surface area contributed by atoms with Crippen molar-refractivity contribution in [2.75, 3.05) is 19.6 Å². The second kappa shape index (κ2) is 10.3. The summed E-state index contributed by atoms with van der Waals surface area (Å²) in [4.78, 5) is 26.2. The number of esters is 2. The van der Waals surface area contributed by atoms with Gasteiger partial charge in [-0.3, -0.25) is 4.79 Å². The Hall–Kier alpha value is -2.74. The minimum absolute atomic E-state index is 0.156. The molecule has 7 heteroatoms. The van der Waals surface area contributed by atoms with Gasteiger partial charge in [0, 0.05) is 38.5 Å². The van der Waals surface area contributed by atoms with E-state index < -0.39 is 23.8 Å². The lowest BCUT2D eigenvalue weighted by Crippen LogP contribution is -2.60. The van der Waals surface area contributed by atoms with Gasteiger partial charge >= 0.3 is 11.9 Å². The summed E-state index contributed by atoms with van der Waals surface area (Å²) in [5, 5.41) is 0. The molecule has 3 heterocycles. The minimum atomic E-state index is -1.59. The number of nitrogens with two attached hydrogens (primary N) is 1. The number of ether oxygens (including phenoxy) is 3. The van der Waals surface area contributed by atoms with Gasteiger partial charge in [-0.25, -0.2) is 4.79 Å². The van der Waals surface area contributed by atoms with E-state index in [9.17, 15) is 9.59 Å². The van der Waals surface area contributed by atoms with Crippen molar-refractivity contribution in [2.24, 2.45) is 5.73 Å². The van der Waals surface area contributed by atoms with Gasteiger partial charge in [-0.1, -0.05) is 60.7 Å². The van der Waals surface area contributed by atoms with Crippen LogP contribution in [0.25, 0.3) is 0 Å². The molecule has 2 aromatic carbocycles. The first kappa shape index (κ1) is 24.9. The lowest BCUT2D eigenvalue weighted by atomic mass is 9.85. The lowest BCUT2D eigenvalue weighted by Gasteiger charge is -2.47. The predicted octanol–water partition coefficient (Wildman–Crippen LogP) is 3.64. The Bertz CT molecular complexity index is 998. The average Bonchev–Trinajstić information content (AvgIpc) is 3.44. The number of benzene rings is 2. The lowest BCUT2D eigenvalue weighted by molar-refractivity contribution is -0.956. The zero-order chi connectivity index (χ0) is 25.2. The molecular formula is C29H37N2O5+. The molecule has 5 rings (SSSR count). The van der Waals surface area contributed by atoms with Crippen LogP contribution >= 0.6 is 0 Å². The summed E-state index contributed by atoms with van der Waals surface area (Å²) in [5.74, 6) is -1.08. The smallest absolute Gasteiger partial charge is 0.348 e. The quantitative estimate of drug-likeness (QED) is 0.343. The zero-order valence-corrected chi connectivity index (χ0v) is 21.0. The van der Waals surface area contributed by atoms with E-state index in [2.05, 4.69) is 0 Å². The Morgan fingerprint density at radius 1 is 0.944 bits per heavy atom. The van der Waals surface area contributed by atoms with Crippen LogP contribution in [0.5, 0.6) is 0 Å². The molecule has 3 fully saturated rings. The molecule has 1 spiro atoms. The molecule has 0 radical (unpaired) electrons. The van der Waals surface area contributed by atoms with Crippen molar-refractivity contribution in [3.05, 3.63) is 71.8 Å². The van der Waals surface area contributed by atoms with E-state index in [1.54, 1.807) is 6.92 Å². The topological polar surface area (TPSA) is 87.9 Å². The fourth-order valence-corrected chi connectivity index (χ4v) is 6.98. The fourth-order valence-electron chi connectivity index (χ4n) is 6.98. The van der Waals surface area contributed by atoms with Gasteiger partial charge in [-0.2, -0.15) is 0 Å². The minimum Gasteiger partial charge on any atom is -0.459 e. The molecule has 3 saturated heterocycles. The van der Waals surface area contributed by atoms with Gasteiger partial charge in [-0.05, 0) is 18.1 Å². The SMILES string of the molecule is C[C@@H](OC(=O)CN)OC(C(=O)OC1CC2CCC(C1)[N+]21CCCC1)(c1ccccc1)c1ccccc1. The van der Waals surface area contributed by atoms with Crippen molar-refractivity contribution in [3.8, 4) is 0 Å². The highest BCUT2D eigenvalue weighted by Gasteiger charge is 2.57. The summed E-state index contributed by atoms with van der Waals surface area (Å²) in [7, 11) is 0. The first-order chi connectivity index (χ1) is 17.5. The Morgan fingerprint density at radius 2 is 1.47 bits per heavy atom. The summed E-state index contributed by atoms with van der Waals surface area (Å²) in [6.45, 7) is 3.86. The number of nitrogens with zero attached hydrogens (tertiary/aromatic N) is 1. The normalized spacial score (nSPS) is 25.4. The van der Waals surface area contributed by atoms with Gasteiger partial charge in [0.2, 0.25) is 11.9 Å². The molecule has 3 atom stereocenters. The number of hydrogen-bond donors (Lipinski definition) is 1. The van der Waals surface area contributed by atoms with Crippen molar-refractivity contribution in [3.63, 3.8) is 0 Å². The number of hydrogen-bond acceptors (Lipinski definition) is 6. The van der Waals surface area contributed by atoms with E-state index in [1.165, 1.54) is 43.3 Å². The summed E-state index contributed by atoms with van der Waals surface area (Å²) in [6, 6.07) is 19.8. The molecule has 7 nitrogen and oxygen atoms in total. The Labute approximate surface area is 213 Å². The maximum Gasteiger partial charge on any atom is 0.348 e. The van der Waals surface area contributed by atoms with Gasteiger partial charge in [0.25, 0.3) is 0 Å². The highest BCUT2D eigenvalue weighted by Crippen LogP contribution is 2.47. The zero-order valence-electron chi connectivity index (χ0n) is 21.0. The molecule has 192 valence electrons. The molecule has 0 aliphatic carbocycles. The van der Waals surface area contributed by atoms with Crippen molar-refractivity contribution < 1.29 is 28.3 Å². The standard InChI is InChI=1S/C29H37N2O5/c1-21(34-27(32)20-30)36-29(22-10-4-2-5-11-22,23-12-6-3-7-13-23)28(33)35-26-18-24-14-15-25(19-26)31(24)16-8-9-17-31/h2-7,10-13,21,24-26H,8-9,14-20,30H2,1H3/q+1/t21-,24?,25?,26?/m0/s1. The third-order valence-corrected chi connectivity index (χ3v) is 8.48. The van der Waals surface area contributed by atoms with Crippen LogP contribution in [-0.2, 0) is 29.4 Å². The van der Waals surface area contributed by atoms with Crippen molar-refractivity contribution in [1.82, 2.24) is 0 Å². The molecule has 2 aromatic rings. The van der Waals surface area contributed by atoms with Crippen molar-refractivity contribution >= 4 is 11.9 Å². The van der Waals surface area contributed by atoms with Crippen LogP contribution in [-0.4, -0.2) is 60.5 Å². The van der Waals surface area contributed by atoms with Crippen molar-refractivity contribution in [1.29, 1.82) is 0 Å². The van der Waals surface area contributed by atoms with Crippen LogP contribution in [0.3, 0.4) is 0 Å². The third-order valence-electron chi connectivity index (χ3n) is 8.48. The van der Waals surface area contributed by atoms with Crippen molar-refractivity contribution in [2.45, 2.75) is 75.5 Å². The first-order valence-corrected chi connectivity index (χ1v) is 13.2. The van der Waals surface area contributed by atoms with E-state index in [-0.39, 0.29) is 12.6 Å². The van der Waals surface area contributed by atoms with Crippen LogP contribution in [0.1, 0.15) is 56.6 Å². The molecular weight excluding hydrogens is 456 g/mol. The molecule has 2 bridgehead atoms. The molecule has 0 amide bonds. The fraction of sp³-hybridized carbons (Fsp3) is 0.517. The maximum atomic E-state index is 14.3. The van der Waals surface area contributed by atoms with Crippen LogP contribution in [0.2, 0.25) is 0 Å². The first-order valence-electron chi connectivity index (χ1n) is 13.2. The van der Waals surface area contributed by atoms with E-state index >= 15 is 0 Å². The maximum absolute atomic E-state index is 14.3. The predicted molar refractivity (Wildman–Crippen MR) is 135 cm³/mol. The van der Waals surface area contributed by atoms with Gasteiger partial charge in [0.1, 0.15) is 6.10 Å². The van der Waals surface area contributed by atoms with Gasteiger partial charge in [0.05, 0.1) is 31.7 Å². The van der Waals surface area contributed by atoms with Gasteiger partial charge in [-0.15, -0.1) is 0 Å². The highest BCUT2D eigenvalue weighted by atomic mass is 16.7. The Balaban J connectivity index is 1.47. The molecule has 36 heavy (non-hydrogen) atoms. The monoisotopic (exact) mass is 493 g/mol. The molecule has 0 aromatic heterocycles. The number of carbonyl (C=O) groups is 2. The summed E-state index contributed by atoms with van der Waals surface area (Å²) in [5.41, 5.74) is 5.11. The highest BCUT2D eigenvalue weighted by molar-refractivity contribution is 5.86. The number of carbonyl (C=O) groups excluding carboxylic acids is 2. The summed E-state index contributed by atoms with van der Waals surface area (Å²) in [6.07, 6.45) is 5.63. The number of piperidine rings is 1. The van der Waals surface area contributed by atoms with E-state index in [0.717, 1.165) is 12.8 Å². The second-order valence-electron chi connectivity index (χ2n) is 10.4. The Morgan fingerprint density at radius 3 is 1.97 bits per heavy atom. The molecule has 2 N–H and O–H groups in total. The molecule has 2 unspecified atom stereocenters. The average molecular weight is 494 g/mol. The van der Waals surface area contributed by atoms with Crippen LogP contribution in [0, 0.1) is 0 Å². The van der Waals surface area contributed by atoms with Gasteiger partial charge in [0.15, 0.2) is 0 Å². The third kappa shape index (κ3) is 4.44. The second-order valence-corrected chi connectivity index (χ2v) is 10.4. The Kier molecular flexibility index (Phi) is 7.15. The van der Waals surface area contributed by atoms with E-state index in [4.69, 9.17) is 19.9 Å². The largest absolute Gasteiger partial charge is 0.459 e. The number of rotatable bonds is 8. The molecule has 3 aliphatic heterocycles. The van der Waals surface area contributed by atoms with Crippen LogP contribution in [0.4, 0.5) is 0 Å². The molecule has 3 aliphatic rings.